The Morgan fingerprint density at radius 3 is 2.32 bits per heavy atom. The Hall–Kier alpha value is -2.08. The van der Waals surface area contributed by atoms with Gasteiger partial charge < -0.3 is 14.2 Å². The normalized spacial score (nSPS) is 19.4. The monoisotopic (exact) mass is 391 g/mol. The molecule has 1 aliphatic rings. The molecular formula is C22H33NO5. The van der Waals surface area contributed by atoms with Gasteiger partial charge in [-0.05, 0) is 60.5 Å². The third-order valence-electron chi connectivity index (χ3n) is 4.68. The Balaban J connectivity index is 2.05. The quantitative estimate of drug-likeness (QED) is 0.691. The van der Waals surface area contributed by atoms with Crippen molar-refractivity contribution in [2.24, 2.45) is 5.41 Å². The summed E-state index contributed by atoms with van der Waals surface area (Å²) in [6.07, 6.45) is -0.0167. The van der Waals surface area contributed by atoms with E-state index in [4.69, 9.17) is 14.2 Å². The van der Waals surface area contributed by atoms with E-state index in [9.17, 15) is 9.59 Å². The van der Waals surface area contributed by atoms with Crippen LogP contribution < -0.4 is 0 Å². The summed E-state index contributed by atoms with van der Waals surface area (Å²) in [7, 11) is 0. The van der Waals surface area contributed by atoms with Crippen molar-refractivity contribution in [1.29, 1.82) is 0 Å². The predicted molar refractivity (Wildman–Crippen MR) is 107 cm³/mol. The van der Waals surface area contributed by atoms with E-state index in [1.54, 1.807) is 4.90 Å². The molecule has 1 fully saturated rings. The number of esters is 1. The van der Waals surface area contributed by atoms with Crippen molar-refractivity contribution in [3.05, 3.63) is 35.9 Å². The summed E-state index contributed by atoms with van der Waals surface area (Å²) in [6, 6.07) is 9.29. The van der Waals surface area contributed by atoms with Gasteiger partial charge >= 0.3 is 12.1 Å². The Morgan fingerprint density at radius 1 is 1.14 bits per heavy atom. The number of ether oxygens (including phenoxy) is 3. The minimum absolute atomic E-state index is 0.228. The average Bonchev–Trinajstić information content (AvgIpc) is 2.85. The summed E-state index contributed by atoms with van der Waals surface area (Å²) in [5.41, 5.74) is -1.24. The molecule has 1 aromatic carbocycles. The lowest BCUT2D eigenvalue weighted by Crippen LogP contribution is -2.51. The standard InChI is InChI=1S/C22H33NO5/c1-20(2,3)28-19(25)23-17(15-27-22(23,6)7)13-21(4,5)18(24)26-14-16-11-9-8-10-12-16/h8-12,17H,13-15H2,1-7H3. The second-order valence-electron chi connectivity index (χ2n) is 9.41. The van der Waals surface area contributed by atoms with Crippen molar-refractivity contribution < 1.29 is 23.8 Å². The molecule has 1 unspecified atom stereocenters. The van der Waals surface area contributed by atoms with Crippen LogP contribution in [0.1, 0.15) is 60.5 Å². The molecule has 156 valence electrons. The van der Waals surface area contributed by atoms with Gasteiger partial charge in [0.25, 0.3) is 0 Å². The highest BCUT2D eigenvalue weighted by Crippen LogP contribution is 2.36. The van der Waals surface area contributed by atoms with Gasteiger partial charge in [-0.15, -0.1) is 0 Å². The van der Waals surface area contributed by atoms with Gasteiger partial charge in [-0.25, -0.2) is 4.79 Å². The minimum Gasteiger partial charge on any atom is -0.460 e. The first-order chi connectivity index (χ1) is 12.8. The lowest BCUT2D eigenvalue weighted by molar-refractivity contribution is -0.156. The molecule has 1 heterocycles. The fraction of sp³-hybridized carbons (Fsp3) is 0.636. The Bertz CT molecular complexity index is 691. The first-order valence-electron chi connectivity index (χ1n) is 9.69. The van der Waals surface area contributed by atoms with Crippen molar-refractivity contribution in [1.82, 2.24) is 4.90 Å². The lowest BCUT2D eigenvalue weighted by atomic mass is 9.85. The van der Waals surface area contributed by atoms with E-state index in [1.807, 2.05) is 78.8 Å². The molecule has 1 saturated heterocycles. The molecule has 2 rings (SSSR count). The molecule has 0 aliphatic carbocycles. The van der Waals surface area contributed by atoms with Crippen molar-refractivity contribution in [3.63, 3.8) is 0 Å². The van der Waals surface area contributed by atoms with Crippen molar-refractivity contribution in [3.8, 4) is 0 Å². The highest BCUT2D eigenvalue weighted by Gasteiger charge is 2.48. The van der Waals surface area contributed by atoms with Crippen LogP contribution in [0, 0.1) is 5.41 Å². The number of benzene rings is 1. The van der Waals surface area contributed by atoms with Crippen LogP contribution in [0.5, 0.6) is 0 Å². The van der Waals surface area contributed by atoms with Gasteiger partial charge in [0, 0.05) is 0 Å². The SMILES string of the molecule is CC(C)(C)OC(=O)N1C(CC(C)(C)C(=O)OCc2ccccc2)COC1(C)C. The molecule has 1 aromatic rings. The number of carbonyl (C=O) groups is 2. The maximum absolute atomic E-state index is 12.8. The number of nitrogens with zero attached hydrogens (tertiary/aromatic N) is 1. The molecule has 0 bridgehead atoms. The maximum atomic E-state index is 12.8. The van der Waals surface area contributed by atoms with E-state index in [-0.39, 0.29) is 18.6 Å². The smallest absolute Gasteiger partial charge is 0.412 e. The Labute approximate surface area is 168 Å². The Morgan fingerprint density at radius 2 is 1.75 bits per heavy atom. The molecule has 1 atom stereocenters. The molecule has 28 heavy (non-hydrogen) atoms. The first-order valence-corrected chi connectivity index (χ1v) is 9.69. The summed E-state index contributed by atoms with van der Waals surface area (Å²) >= 11 is 0. The molecule has 0 saturated carbocycles. The molecule has 1 aliphatic heterocycles. The van der Waals surface area contributed by atoms with Crippen molar-refractivity contribution in [2.75, 3.05) is 6.61 Å². The Kier molecular flexibility index (Phi) is 6.44. The van der Waals surface area contributed by atoms with Crippen LogP contribution in [0.2, 0.25) is 0 Å². The third kappa shape index (κ3) is 5.71. The maximum Gasteiger partial charge on any atom is 0.412 e. The molecule has 1 amide bonds. The number of hydrogen-bond donors (Lipinski definition) is 0. The largest absolute Gasteiger partial charge is 0.460 e. The van der Waals surface area contributed by atoms with Crippen molar-refractivity contribution >= 4 is 12.1 Å². The minimum atomic E-state index is -0.795. The summed E-state index contributed by atoms with van der Waals surface area (Å²) < 4.78 is 16.9. The van der Waals surface area contributed by atoms with E-state index in [2.05, 4.69) is 0 Å². The van der Waals surface area contributed by atoms with Crippen LogP contribution in [-0.2, 0) is 25.6 Å². The van der Waals surface area contributed by atoms with Gasteiger partial charge in [-0.3, -0.25) is 9.69 Å². The zero-order valence-corrected chi connectivity index (χ0v) is 18.1. The molecule has 0 spiro atoms. The van der Waals surface area contributed by atoms with Crippen LogP contribution >= 0.6 is 0 Å². The fourth-order valence-electron chi connectivity index (χ4n) is 3.31. The highest BCUT2D eigenvalue weighted by molar-refractivity contribution is 5.76. The predicted octanol–water partition coefficient (Wildman–Crippen LogP) is 4.52. The molecule has 0 N–H and O–H groups in total. The van der Waals surface area contributed by atoms with Crippen molar-refractivity contribution in [2.45, 2.75) is 78.9 Å². The van der Waals surface area contributed by atoms with Crippen LogP contribution in [-0.4, -0.2) is 40.9 Å². The molecule has 0 aromatic heterocycles. The molecule has 0 radical (unpaired) electrons. The van der Waals surface area contributed by atoms with Gasteiger partial charge in [0.1, 0.15) is 17.9 Å². The van der Waals surface area contributed by atoms with Crippen LogP contribution in [0.4, 0.5) is 4.79 Å². The zero-order chi connectivity index (χ0) is 21.2. The summed E-state index contributed by atoms with van der Waals surface area (Å²) in [5.74, 6) is -0.301. The van der Waals surface area contributed by atoms with E-state index < -0.39 is 22.8 Å². The summed E-state index contributed by atoms with van der Waals surface area (Å²) in [5, 5.41) is 0. The van der Waals surface area contributed by atoms with Gasteiger partial charge in [0.05, 0.1) is 18.1 Å². The number of hydrogen-bond acceptors (Lipinski definition) is 5. The van der Waals surface area contributed by atoms with Gasteiger partial charge in [0.2, 0.25) is 0 Å². The lowest BCUT2D eigenvalue weighted by Gasteiger charge is -2.37. The highest BCUT2D eigenvalue weighted by atomic mass is 16.6. The van der Waals surface area contributed by atoms with Gasteiger partial charge in [-0.2, -0.15) is 0 Å². The van der Waals surface area contributed by atoms with Crippen LogP contribution in [0.3, 0.4) is 0 Å². The van der Waals surface area contributed by atoms with Gasteiger partial charge in [-0.1, -0.05) is 30.3 Å². The second-order valence-corrected chi connectivity index (χ2v) is 9.41. The van der Waals surface area contributed by atoms with E-state index in [0.29, 0.717) is 13.0 Å². The van der Waals surface area contributed by atoms with E-state index >= 15 is 0 Å². The summed E-state index contributed by atoms with van der Waals surface area (Å²) in [6.45, 7) is 13.4. The third-order valence-corrected chi connectivity index (χ3v) is 4.68. The van der Waals surface area contributed by atoms with E-state index in [0.717, 1.165) is 5.56 Å². The average molecular weight is 392 g/mol. The second kappa shape index (κ2) is 8.11. The zero-order valence-electron chi connectivity index (χ0n) is 18.1. The molecular weight excluding hydrogens is 358 g/mol. The summed E-state index contributed by atoms with van der Waals surface area (Å²) in [4.78, 5) is 27.1. The van der Waals surface area contributed by atoms with Gasteiger partial charge in [0.15, 0.2) is 0 Å². The topological polar surface area (TPSA) is 65.1 Å². The van der Waals surface area contributed by atoms with Crippen LogP contribution in [0.25, 0.3) is 0 Å². The molecule has 6 heteroatoms. The fourth-order valence-corrected chi connectivity index (χ4v) is 3.31. The van der Waals surface area contributed by atoms with E-state index in [1.165, 1.54) is 0 Å². The molecule has 6 nitrogen and oxygen atoms in total. The number of rotatable bonds is 5. The number of carbonyl (C=O) groups excluding carboxylic acids is 2. The van der Waals surface area contributed by atoms with Crippen LogP contribution in [0.15, 0.2) is 30.3 Å². The number of amides is 1. The first kappa shape index (κ1) is 22.2.